The van der Waals surface area contributed by atoms with Crippen LogP contribution in [0, 0.1) is 5.92 Å². The van der Waals surface area contributed by atoms with Gasteiger partial charge < -0.3 is 15.3 Å². The molecule has 1 saturated heterocycles. The van der Waals surface area contributed by atoms with Gasteiger partial charge in [-0.3, -0.25) is 0 Å². The number of piperidine rings is 1. The first kappa shape index (κ1) is 16.9. The van der Waals surface area contributed by atoms with Gasteiger partial charge in [-0.15, -0.1) is 0 Å². The van der Waals surface area contributed by atoms with E-state index >= 15 is 0 Å². The molecule has 0 amide bonds. The molecule has 0 saturated carbocycles. The lowest BCUT2D eigenvalue weighted by Gasteiger charge is -2.42. The lowest BCUT2D eigenvalue weighted by atomic mass is 9.72. The standard InChI is InChI=1S/C20H24N2OS/c1-21-19(24)22-14-12-18(13-15-22)20(23,16-8-4-2-5-9-16)17-10-6-3-7-11-17/h2-11,18,23H,12-15H2,1H3,(H,21,24). The van der Waals surface area contributed by atoms with Gasteiger partial charge in [0.1, 0.15) is 5.60 Å². The topological polar surface area (TPSA) is 35.5 Å². The molecule has 2 aromatic carbocycles. The van der Waals surface area contributed by atoms with Crippen molar-refractivity contribution in [2.45, 2.75) is 18.4 Å². The van der Waals surface area contributed by atoms with Crippen LogP contribution in [-0.2, 0) is 5.60 Å². The van der Waals surface area contributed by atoms with Crippen LogP contribution in [0.25, 0.3) is 0 Å². The molecule has 0 unspecified atom stereocenters. The van der Waals surface area contributed by atoms with E-state index in [9.17, 15) is 5.11 Å². The molecule has 3 rings (SSSR count). The third-order valence-electron chi connectivity index (χ3n) is 5.01. The molecule has 0 atom stereocenters. The van der Waals surface area contributed by atoms with Crippen molar-refractivity contribution < 1.29 is 5.11 Å². The second-order valence-electron chi connectivity index (χ2n) is 6.31. The Morgan fingerprint density at radius 3 is 1.88 bits per heavy atom. The lowest BCUT2D eigenvalue weighted by molar-refractivity contribution is -0.00655. The number of aliphatic hydroxyl groups is 1. The van der Waals surface area contributed by atoms with Crippen LogP contribution in [-0.4, -0.2) is 35.3 Å². The fourth-order valence-corrected chi connectivity index (χ4v) is 3.86. The summed E-state index contributed by atoms with van der Waals surface area (Å²) in [5.74, 6) is 0.165. The van der Waals surface area contributed by atoms with Crippen molar-refractivity contribution >= 4 is 17.3 Å². The quantitative estimate of drug-likeness (QED) is 0.842. The van der Waals surface area contributed by atoms with Gasteiger partial charge in [0.2, 0.25) is 0 Å². The molecule has 1 aliphatic heterocycles. The van der Waals surface area contributed by atoms with Crippen LogP contribution in [0.2, 0.25) is 0 Å². The highest BCUT2D eigenvalue weighted by atomic mass is 32.1. The first-order valence-electron chi connectivity index (χ1n) is 8.46. The first-order chi connectivity index (χ1) is 11.7. The summed E-state index contributed by atoms with van der Waals surface area (Å²) in [7, 11) is 1.86. The molecule has 0 bridgehead atoms. The normalized spacial score (nSPS) is 16.0. The maximum Gasteiger partial charge on any atom is 0.168 e. The van der Waals surface area contributed by atoms with E-state index < -0.39 is 5.60 Å². The highest BCUT2D eigenvalue weighted by molar-refractivity contribution is 7.80. The Bertz CT molecular complexity index is 627. The van der Waals surface area contributed by atoms with E-state index in [-0.39, 0.29) is 5.92 Å². The summed E-state index contributed by atoms with van der Waals surface area (Å²) >= 11 is 5.35. The number of nitrogens with zero attached hydrogens (tertiary/aromatic N) is 1. The summed E-state index contributed by atoms with van der Waals surface area (Å²) in [6, 6.07) is 20.1. The third kappa shape index (κ3) is 3.17. The first-order valence-corrected chi connectivity index (χ1v) is 8.87. The Labute approximate surface area is 149 Å². The molecule has 3 nitrogen and oxygen atoms in total. The predicted molar refractivity (Wildman–Crippen MR) is 102 cm³/mol. The Balaban J connectivity index is 1.91. The summed E-state index contributed by atoms with van der Waals surface area (Å²) in [6.45, 7) is 1.73. The van der Waals surface area contributed by atoms with E-state index in [1.54, 1.807) is 0 Å². The minimum absolute atomic E-state index is 0.165. The van der Waals surface area contributed by atoms with Crippen LogP contribution in [0.5, 0.6) is 0 Å². The number of likely N-dealkylation sites (tertiary alicyclic amines) is 1. The van der Waals surface area contributed by atoms with E-state index in [4.69, 9.17) is 12.2 Å². The average molecular weight is 340 g/mol. The molecular weight excluding hydrogens is 316 g/mol. The van der Waals surface area contributed by atoms with Crippen LogP contribution in [0.1, 0.15) is 24.0 Å². The monoisotopic (exact) mass is 340 g/mol. The zero-order valence-electron chi connectivity index (χ0n) is 14.0. The van der Waals surface area contributed by atoms with Crippen molar-refractivity contribution in [1.82, 2.24) is 10.2 Å². The smallest absolute Gasteiger partial charge is 0.168 e. The predicted octanol–water partition coefficient (Wildman–Crippen LogP) is 3.14. The van der Waals surface area contributed by atoms with E-state index in [0.717, 1.165) is 42.2 Å². The van der Waals surface area contributed by atoms with Gasteiger partial charge in [0, 0.05) is 20.1 Å². The average Bonchev–Trinajstić information content (AvgIpc) is 2.68. The van der Waals surface area contributed by atoms with E-state index in [0.29, 0.717) is 0 Å². The van der Waals surface area contributed by atoms with E-state index in [1.165, 1.54) is 0 Å². The third-order valence-corrected chi connectivity index (χ3v) is 5.48. The number of rotatable bonds is 3. The second kappa shape index (κ2) is 7.32. The summed E-state index contributed by atoms with van der Waals surface area (Å²) in [4.78, 5) is 2.18. The summed E-state index contributed by atoms with van der Waals surface area (Å²) in [5, 5.41) is 15.6. The highest BCUT2D eigenvalue weighted by Gasteiger charge is 2.41. The molecule has 4 heteroatoms. The number of nitrogens with one attached hydrogen (secondary N) is 1. The maximum absolute atomic E-state index is 11.8. The fraction of sp³-hybridized carbons (Fsp3) is 0.350. The Morgan fingerprint density at radius 2 is 1.46 bits per heavy atom. The number of thiocarbonyl (C=S) groups is 1. The molecular formula is C20H24N2OS. The van der Waals surface area contributed by atoms with Crippen molar-refractivity contribution in [2.24, 2.45) is 5.92 Å². The summed E-state index contributed by atoms with van der Waals surface area (Å²) in [6.07, 6.45) is 1.81. The zero-order chi connectivity index (χ0) is 17.0. The van der Waals surface area contributed by atoms with Crippen LogP contribution < -0.4 is 5.32 Å². The number of hydrogen-bond donors (Lipinski definition) is 2. The molecule has 24 heavy (non-hydrogen) atoms. The van der Waals surface area contributed by atoms with Crippen molar-refractivity contribution in [3.8, 4) is 0 Å². The van der Waals surface area contributed by atoms with Crippen molar-refractivity contribution in [1.29, 1.82) is 0 Å². The van der Waals surface area contributed by atoms with Crippen LogP contribution in [0.4, 0.5) is 0 Å². The van der Waals surface area contributed by atoms with Gasteiger partial charge in [-0.05, 0) is 42.1 Å². The van der Waals surface area contributed by atoms with Gasteiger partial charge in [0.05, 0.1) is 0 Å². The van der Waals surface area contributed by atoms with Gasteiger partial charge in [0.25, 0.3) is 0 Å². The molecule has 2 aromatic rings. The Kier molecular flexibility index (Phi) is 5.17. The maximum atomic E-state index is 11.8. The van der Waals surface area contributed by atoms with Crippen LogP contribution in [0.15, 0.2) is 60.7 Å². The molecule has 1 heterocycles. The molecule has 0 radical (unpaired) electrons. The fourth-order valence-electron chi connectivity index (χ4n) is 3.68. The Morgan fingerprint density at radius 1 is 1.00 bits per heavy atom. The minimum atomic E-state index is -0.962. The summed E-state index contributed by atoms with van der Waals surface area (Å²) < 4.78 is 0. The molecule has 126 valence electrons. The van der Waals surface area contributed by atoms with Crippen molar-refractivity contribution in [2.75, 3.05) is 20.1 Å². The van der Waals surface area contributed by atoms with Crippen molar-refractivity contribution in [3.63, 3.8) is 0 Å². The van der Waals surface area contributed by atoms with Gasteiger partial charge in [-0.1, -0.05) is 60.7 Å². The summed E-state index contributed by atoms with van der Waals surface area (Å²) in [5.41, 5.74) is 0.965. The minimum Gasteiger partial charge on any atom is -0.380 e. The Hall–Kier alpha value is -1.91. The number of benzene rings is 2. The molecule has 2 N–H and O–H groups in total. The van der Waals surface area contributed by atoms with Crippen LogP contribution in [0.3, 0.4) is 0 Å². The lowest BCUT2D eigenvalue weighted by Crippen LogP contribution is -2.48. The molecule has 0 aliphatic carbocycles. The van der Waals surface area contributed by atoms with Gasteiger partial charge in [-0.2, -0.15) is 0 Å². The molecule has 1 fully saturated rings. The SMILES string of the molecule is CNC(=S)N1CCC(C(O)(c2ccccc2)c2ccccc2)CC1. The van der Waals surface area contributed by atoms with E-state index in [2.05, 4.69) is 10.2 Å². The zero-order valence-corrected chi connectivity index (χ0v) is 14.8. The molecule has 0 aromatic heterocycles. The number of hydrogen-bond acceptors (Lipinski definition) is 2. The van der Waals surface area contributed by atoms with Gasteiger partial charge in [0.15, 0.2) is 5.11 Å². The van der Waals surface area contributed by atoms with Crippen molar-refractivity contribution in [3.05, 3.63) is 71.8 Å². The van der Waals surface area contributed by atoms with E-state index in [1.807, 2.05) is 67.7 Å². The highest BCUT2D eigenvalue weighted by Crippen LogP contribution is 2.41. The van der Waals surface area contributed by atoms with Gasteiger partial charge >= 0.3 is 0 Å². The molecule has 1 aliphatic rings. The molecule has 0 spiro atoms. The second-order valence-corrected chi connectivity index (χ2v) is 6.70. The largest absolute Gasteiger partial charge is 0.380 e. The van der Waals surface area contributed by atoms with Crippen LogP contribution >= 0.6 is 12.2 Å². The van der Waals surface area contributed by atoms with Gasteiger partial charge in [-0.25, -0.2) is 0 Å².